The van der Waals surface area contributed by atoms with Crippen molar-refractivity contribution in [3.63, 3.8) is 0 Å². The van der Waals surface area contributed by atoms with Crippen molar-refractivity contribution in [1.29, 1.82) is 0 Å². The second-order valence-electron chi connectivity index (χ2n) is 5.15. The maximum absolute atomic E-state index is 12.0. The van der Waals surface area contributed by atoms with Crippen molar-refractivity contribution in [1.82, 2.24) is 5.32 Å². The van der Waals surface area contributed by atoms with Gasteiger partial charge in [-0.3, -0.25) is 9.79 Å². The number of nitrogens with one attached hydrogen (secondary N) is 1. The highest BCUT2D eigenvalue weighted by atomic mass is 35.5. The number of hydrogen-bond acceptors (Lipinski definition) is 4. The number of benzene rings is 1. The lowest BCUT2D eigenvalue weighted by Gasteiger charge is -2.02. The number of aromatic hydroxyl groups is 1. The van der Waals surface area contributed by atoms with Crippen molar-refractivity contribution in [2.45, 2.75) is 31.7 Å². The zero-order valence-electron chi connectivity index (χ0n) is 11.3. The highest BCUT2D eigenvalue weighted by Gasteiger charge is 2.25. The van der Waals surface area contributed by atoms with Gasteiger partial charge < -0.3 is 10.4 Å². The Hall–Kier alpha value is -1.46. The summed E-state index contributed by atoms with van der Waals surface area (Å²) >= 11 is 7.22. The minimum atomic E-state index is -0.138. The summed E-state index contributed by atoms with van der Waals surface area (Å²) < 4.78 is 0. The molecular formula is C15H15ClN2O2S. The van der Waals surface area contributed by atoms with E-state index in [-0.39, 0.29) is 16.7 Å². The summed E-state index contributed by atoms with van der Waals surface area (Å²) in [6, 6.07) is 5.20. The van der Waals surface area contributed by atoms with E-state index < -0.39 is 0 Å². The Labute approximate surface area is 132 Å². The van der Waals surface area contributed by atoms with Gasteiger partial charge in [-0.05, 0) is 48.4 Å². The summed E-state index contributed by atoms with van der Waals surface area (Å²) in [6.07, 6.45) is 6.39. The molecule has 2 N–H and O–H groups in total. The zero-order valence-corrected chi connectivity index (χ0v) is 12.9. The third-order valence-electron chi connectivity index (χ3n) is 3.54. The van der Waals surface area contributed by atoms with E-state index in [0.717, 1.165) is 18.4 Å². The van der Waals surface area contributed by atoms with E-state index in [0.29, 0.717) is 16.1 Å². The minimum Gasteiger partial charge on any atom is -0.506 e. The highest BCUT2D eigenvalue weighted by molar-refractivity contribution is 8.18. The van der Waals surface area contributed by atoms with Crippen LogP contribution in [0.15, 0.2) is 28.1 Å². The SMILES string of the molecule is O=C1NC(=NC2CCCC2)S/C1=C\c1ccc(O)c(Cl)c1. The van der Waals surface area contributed by atoms with Gasteiger partial charge in [-0.1, -0.05) is 30.5 Å². The van der Waals surface area contributed by atoms with Crippen molar-refractivity contribution < 1.29 is 9.90 Å². The maximum Gasteiger partial charge on any atom is 0.264 e. The Morgan fingerprint density at radius 2 is 2.14 bits per heavy atom. The molecule has 2 fully saturated rings. The Morgan fingerprint density at radius 3 is 2.86 bits per heavy atom. The first-order valence-electron chi connectivity index (χ1n) is 6.89. The number of amides is 1. The van der Waals surface area contributed by atoms with Crippen LogP contribution in [-0.2, 0) is 4.79 Å². The molecule has 4 nitrogen and oxygen atoms in total. The first kappa shape index (κ1) is 14.5. The van der Waals surface area contributed by atoms with Gasteiger partial charge in [0.2, 0.25) is 0 Å². The summed E-state index contributed by atoms with van der Waals surface area (Å²) in [6.45, 7) is 0. The number of halogens is 1. The number of carbonyl (C=O) groups is 1. The van der Waals surface area contributed by atoms with Crippen LogP contribution in [0.1, 0.15) is 31.2 Å². The van der Waals surface area contributed by atoms with E-state index in [2.05, 4.69) is 10.3 Å². The summed E-state index contributed by atoms with van der Waals surface area (Å²) in [5.74, 6) is -0.105. The van der Waals surface area contributed by atoms with Gasteiger partial charge in [0, 0.05) is 0 Å². The second-order valence-corrected chi connectivity index (χ2v) is 6.59. The molecule has 2 aliphatic rings. The highest BCUT2D eigenvalue weighted by Crippen LogP contribution is 2.30. The number of amidine groups is 1. The number of phenolic OH excluding ortho intramolecular Hbond substituents is 1. The van der Waals surface area contributed by atoms with Gasteiger partial charge in [-0.15, -0.1) is 0 Å². The third kappa shape index (κ3) is 3.41. The molecule has 1 aromatic rings. The first-order chi connectivity index (χ1) is 10.1. The normalized spacial score (nSPS) is 23.2. The Morgan fingerprint density at radius 1 is 1.38 bits per heavy atom. The van der Waals surface area contributed by atoms with Gasteiger partial charge in [0.25, 0.3) is 5.91 Å². The standard InChI is InChI=1S/C15H15ClN2O2S/c16-11-7-9(5-6-12(11)19)8-13-14(20)18-15(21-13)17-10-3-1-2-4-10/h5-8,10,19H,1-4H2,(H,17,18,20)/b13-8-. The number of nitrogens with zero attached hydrogens (tertiary/aromatic N) is 1. The van der Waals surface area contributed by atoms with E-state index in [9.17, 15) is 9.90 Å². The molecule has 3 rings (SSSR count). The summed E-state index contributed by atoms with van der Waals surface area (Å²) in [5, 5.41) is 13.2. The topological polar surface area (TPSA) is 61.7 Å². The second kappa shape index (κ2) is 6.12. The quantitative estimate of drug-likeness (QED) is 0.819. The van der Waals surface area contributed by atoms with Gasteiger partial charge in [0.05, 0.1) is 16.0 Å². The maximum atomic E-state index is 12.0. The fraction of sp³-hybridized carbons (Fsp3) is 0.333. The number of hydrogen-bond donors (Lipinski definition) is 2. The molecule has 21 heavy (non-hydrogen) atoms. The summed E-state index contributed by atoms with van der Waals surface area (Å²) in [7, 11) is 0. The lowest BCUT2D eigenvalue weighted by atomic mass is 10.2. The number of rotatable bonds is 2. The molecule has 0 radical (unpaired) electrons. The molecule has 110 valence electrons. The zero-order chi connectivity index (χ0) is 14.8. The molecule has 0 bridgehead atoms. The molecule has 0 atom stereocenters. The number of carbonyl (C=O) groups excluding carboxylic acids is 1. The van der Waals surface area contributed by atoms with Crippen molar-refractivity contribution in [3.8, 4) is 5.75 Å². The van der Waals surface area contributed by atoms with E-state index >= 15 is 0 Å². The van der Waals surface area contributed by atoms with Crippen LogP contribution in [0.4, 0.5) is 0 Å². The third-order valence-corrected chi connectivity index (χ3v) is 4.77. The molecule has 6 heteroatoms. The van der Waals surface area contributed by atoms with Crippen molar-refractivity contribution in [2.75, 3.05) is 0 Å². The van der Waals surface area contributed by atoms with Crippen LogP contribution in [-0.4, -0.2) is 22.2 Å². The van der Waals surface area contributed by atoms with E-state index in [1.165, 1.54) is 30.7 Å². The molecule has 0 aromatic heterocycles. The Bertz CT molecular complexity index is 637. The van der Waals surface area contributed by atoms with Gasteiger partial charge in [-0.25, -0.2) is 0 Å². The predicted molar refractivity (Wildman–Crippen MR) is 86.5 cm³/mol. The predicted octanol–water partition coefficient (Wildman–Crippen LogP) is 3.55. The molecule has 1 amide bonds. The number of phenols is 1. The fourth-order valence-corrected chi connectivity index (χ4v) is 3.53. The molecule has 1 aliphatic heterocycles. The average molecular weight is 323 g/mol. The smallest absolute Gasteiger partial charge is 0.264 e. The van der Waals surface area contributed by atoms with E-state index in [1.54, 1.807) is 18.2 Å². The van der Waals surface area contributed by atoms with Gasteiger partial charge in [0.15, 0.2) is 5.17 Å². The minimum absolute atomic E-state index is 0.0332. The molecule has 1 saturated heterocycles. The van der Waals surface area contributed by atoms with E-state index in [1.807, 2.05) is 0 Å². The monoisotopic (exact) mass is 322 g/mol. The number of thioether (sulfide) groups is 1. The Kier molecular flexibility index (Phi) is 4.22. The first-order valence-corrected chi connectivity index (χ1v) is 8.08. The van der Waals surface area contributed by atoms with Crippen LogP contribution in [0.3, 0.4) is 0 Å². The summed E-state index contributed by atoms with van der Waals surface area (Å²) in [5.41, 5.74) is 0.776. The molecular weight excluding hydrogens is 308 g/mol. The van der Waals surface area contributed by atoms with Gasteiger partial charge in [-0.2, -0.15) is 0 Å². The van der Waals surface area contributed by atoms with Crippen LogP contribution in [0, 0.1) is 0 Å². The fourth-order valence-electron chi connectivity index (χ4n) is 2.45. The van der Waals surface area contributed by atoms with E-state index in [4.69, 9.17) is 11.6 Å². The summed E-state index contributed by atoms with van der Waals surface area (Å²) in [4.78, 5) is 17.1. The molecule has 1 heterocycles. The van der Waals surface area contributed by atoms with Crippen LogP contribution in [0.2, 0.25) is 5.02 Å². The van der Waals surface area contributed by atoms with Crippen molar-refractivity contribution >= 4 is 40.5 Å². The molecule has 0 unspecified atom stereocenters. The number of aliphatic imine (C=N–C) groups is 1. The largest absolute Gasteiger partial charge is 0.506 e. The van der Waals surface area contributed by atoms with Crippen LogP contribution in [0.25, 0.3) is 6.08 Å². The van der Waals surface area contributed by atoms with Crippen LogP contribution in [0.5, 0.6) is 5.75 Å². The lowest BCUT2D eigenvalue weighted by molar-refractivity contribution is -0.115. The van der Waals surface area contributed by atoms with Crippen molar-refractivity contribution in [2.24, 2.45) is 4.99 Å². The Balaban J connectivity index is 1.77. The molecule has 1 aliphatic carbocycles. The van der Waals surface area contributed by atoms with Crippen LogP contribution < -0.4 is 5.32 Å². The van der Waals surface area contributed by atoms with Gasteiger partial charge >= 0.3 is 0 Å². The average Bonchev–Trinajstić information content (AvgIpc) is 3.05. The lowest BCUT2D eigenvalue weighted by Crippen LogP contribution is -2.21. The molecule has 0 spiro atoms. The van der Waals surface area contributed by atoms with Crippen LogP contribution >= 0.6 is 23.4 Å². The van der Waals surface area contributed by atoms with Gasteiger partial charge in [0.1, 0.15) is 5.75 Å². The molecule has 1 aromatic carbocycles. The van der Waals surface area contributed by atoms with Crippen molar-refractivity contribution in [3.05, 3.63) is 33.7 Å². The molecule has 1 saturated carbocycles.